The number of fused-ring (bicyclic) bond motifs is 2. The fraction of sp³-hybridized carbons (Fsp3) is 0.130. The van der Waals surface area contributed by atoms with Gasteiger partial charge in [0.2, 0.25) is 0 Å². The summed E-state index contributed by atoms with van der Waals surface area (Å²) in [6, 6.07) is 34.4. The quantitative estimate of drug-likeness (QED) is 0.0642. The molecule has 15 nitrogen and oxygen atoms in total. The fourth-order valence-electron chi connectivity index (χ4n) is 6.78. The van der Waals surface area contributed by atoms with Gasteiger partial charge >= 0.3 is 7.69 Å². The Morgan fingerprint density at radius 3 is 1.60 bits per heavy atom. The van der Waals surface area contributed by atoms with Crippen LogP contribution in [-0.4, -0.2) is 78.2 Å². The highest BCUT2D eigenvalue weighted by molar-refractivity contribution is 9.10. The first-order chi connectivity index (χ1) is 31.1. The van der Waals surface area contributed by atoms with Crippen LogP contribution in [0.25, 0.3) is 55.6 Å². The molecule has 4 aromatic heterocycles. The number of H-pyrrole nitrogens is 2. The number of aromatic amines is 2. The van der Waals surface area contributed by atoms with E-state index in [-0.39, 0.29) is 42.4 Å². The van der Waals surface area contributed by atoms with E-state index in [1.807, 2.05) is 42.5 Å². The van der Waals surface area contributed by atoms with Crippen LogP contribution >= 0.6 is 15.9 Å². The third-order valence-corrected chi connectivity index (χ3v) is 12.3. The molecule has 0 bridgehead atoms. The summed E-state index contributed by atoms with van der Waals surface area (Å²) in [7, 11) is -3.67. The normalized spacial score (nSPS) is 11.6. The SMILES string of the molecule is CS(=O)(=O)c1ccc(O[B]O)cc1.CS(=O)c1ccc(-c2cccc(-c3cc4cc(CO)cc(CO)c4c(=O)[nH]3)n2)cc1.O=c1[nH]c(-c2cccc(Br)n2)cc2cc(CO)cc(CO)c12. The van der Waals surface area contributed by atoms with Gasteiger partial charge in [-0.1, -0.05) is 36.4 Å². The summed E-state index contributed by atoms with van der Waals surface area (Å²) < 4.78 is 38.9. The summed E-state index contributed by atoms with van der Waals surface area (Å²) in [4.78, 5) is 40.7. The fourth-order valence-corrected chi connectivity index (χ4v) is 8.27. The third kappa shape index (κ3) is 12.0. The molecule has 0 fully saturated rings. The van der Waals surface area contributed by atoms with E-state index in [1.54, 1.807) is 60.9 Å². The average Bonchev–Trinajstić information content (AvgIpc) is 3.31. The second kappa shape index (κ2) is 21.7. The van der Waals surface area contributed by atoms with Gasteiger partial charge in [-0.25, -0.2) is 18.4 Å². The number of nitrogens with one attached hydrogen (secondary N) is 2. The molecule has 1 radical (unpaired) electrons. The van der Waals surface area contributed by atoms with Gasteiger partial charge in [0.15, 0.2) is 9.84 Å². The maximum Gasteiger partial charge on any atom is 0.569 e. The van der Waals surface area contributed by atoms with Crippen molar-refractivity contribution in [3.63, 3.8) is 0 Å². The number of aromatic nitrogens is 4. The summed E-state index contributed by atoms with van der Waals surface area (Å²) in [5.74, 6) is 0.384. The lowest BCUT2D eigenvalue weighted by Crippen LogP contribution is -2.11. The molecule has 333 valence electrons. The molecule has 19 heteroatoms. The lowest BCUT2D eigenvalue weighted by molar-refractivity contribution is 0.276. The van der Waals surface area contributed by atoms with Crippen LogP contribution in [0.15, 0.2) is 145 Å². The summed E-state index contributed by atoms with van der Waals surface area (Å²) >= 11 is 3.30. The molecule has 4 aromatic carbocycles. The topological polar surface area (TPSA) is 253 Å². The smallest absolute Gasteiger partial charge is 0.537 e. The lowest BCUT2D eigenvalue weighted by Gasteiger charge is -2.10. The Morgan fingerprint density at radius 1 is 0.662 bits per heavy atom. The molecule has 0 spiro atoms. The van der Waals surface area contributed by atoms with Crippen LogP contribution in [0.2, 0.25) is 0 Å². The van der Waals surface area contributed by atoms with Gasteiger partial charge in [0.05, 0.1) is 70.6 Å². The molecule has 8 aromatic rings. The summed E-state index contributed by atoms with van der Waals surface area (Å²) in [6.07, 6.45) is 2.76. The van der Waals surface area contributed by atoms with Crippen molar-refractivity contribution in [2.75, 3.05) is 12.5 Å². The van der Waals surface area contributed by atoms with Crippen molar-refractivity contribution in [1.82, 2.24) is 19.9 Å². The highest BCUT2D eigenvalue weighted by Crippen LogP contribution is 2.27. The van der Waals surface area contributed by atoms with E-state index in [1.165, 1.54) is 24.3 Å². The van der Waals surface area contributed by atoms with Crippen LogP contribution in [0.3, 0.4) is 0 Å². The molecule has 0 aliphatic carbocycles. The van der Waals surface area contributed by atoms with E-state index in [4.69, 9.17) is 5.02 Å². The van der Waals surface area contributed by atoms with Crippen LogP contribution in [0.5, 0.6) is 5.75 Å². The van der Waals surface area contributed by atoms with Gasteiger partial charge in [0, 0.05) is 33.8 Å². The molecule has 0 aliphatic heterocycles. The number of hydrogen-bond acceptors (Lipinski definition) is 13. The zero-order valence-corrected chi connectivity index (χ0v) is 37.9. The molecule has 7 N–H and O–H groups in total. The average molecular weight is 981 g/mol. The number of sulfone groups is 1. The van der Waals surface area contributed by atoms with Gasteiger partial charge in [-0.2, -0.15) is 0 Å². The predicted octanol–water partition coefficient (Wildman–Crippen LogP) is 5.31. The maximum absolute atomic E-state index is 12.7. The number of nitrogens with zero attached hydrogens (tertiary/aromatic N) is 2. The van der Waals surface area contributed by atoms with Crippen LogP contribution in [-0.2, 0) is 47.1 Å². The minimum atomic E-state index is -3.16. The van der Waals surface area contributed by atoms with Gasteiger partial charge < -0.3 is 40.1 Å². The Balaban J connectivity index is 0.000000175. The molecule has 1 unspecified atom stereocenters. The Morgan fingerprint density at radius 2 is 1.15 bits per heavy atom. The number of aliphatic hydroxyl groups is 4. The predicted molar refractivity (Wildman–Crippen MR) is 253 cm³/mol. The summed E-state index contributed by atoms with van der Waals surface area (Å²) in [5.41, 5.74) is 5.58. The van der Waals surface area contributed by atoms with E-state index < -0.39 is 20.6 Å². The number of rotatable bonds is 11. The van der Waals surface area contributed by atoms with Crippen molar-refractivity contribution in [2.24, 2.45) is 0 Å². The first-order valence-corrected chi connectivity index (χ1v) is 23.7. The summed E-state index contributed by atoms with van der Waals surface area (Å²) in [5, 5.41) is 48.3. The molecule has 65 heavy (non-hydrogen) atoms. The molecule has 1 atom stereocenters. The maximum atomic E-state index is 12.7. The van der Waals surface area contributed by atoms with E-state index in [9.17, 15) is 42.6 Å². The molecular weight excluding hydrogens is 939 g/mol. The minimum Gasteiger partial charge on any atom is -0.537 e. The zero-order valence-electron chi connectivity index (χ0n) is 34.7. The second-order valence-corrected chi connectivity index (χ2v) is 18.5. The van der Waals surface area contributed by atoms with Crippen LogP contribution in [0.4, 0.5) is 0 Å². The second-order valence-electron chi connectivity index (χ2n) is 14.3. The van der Waals surface area contributed by atoms with E-state index >= 15 is 0 Å². The Bertz CT molecular complexity index is 3240. The first kappa shape index (κ1) is 48.3. The minimum absolute atomic E-state index is 0.153. The third-order valence-electron chi connectivity index (χ3n) is 9.82. The lowest BCUT2D eigenvalue weighted by atomic mass is 10.0. The molecule has 0 aliphatic rings. The number of aliphatic hydroxyl groups excluding tert-OH is 4. The van der Waals surface area contributed by atoms with Gasteiger partial charge in [0.1, 0.15) is 10.4 Å². The van der Waals surface area contributed by atoms with E-state index in [2.05, 4.69) is 40.5 Å². The Hall–Kier alpha value is -6.16. The number of hydrogen-bond donors (Lipinski definition) is 7. The van der Waals surface area contributed by atoms with Crippen molar-refractivity contribution in [3.8, 4) is 39.8 Å². The van der Waals surface area contributed by atoms with E-state index in [0.29, 0.717) is 84.6 Å². The van der Waals surface area contributed by atoms with Crippen molar-refractivity contribution < 1.29 is 42.7 Å². The van der Waals surface area contributed by atoms with Gasteiger partial charge in [-0.3, -0.25) is 13.8 Å². The van der Waals surface area contributed by atoms with Crippen molar-refractivity contribution >= 4 is 65.8 Å². The highest BCUT2D eigenvalue weighted by Gasteiger charge is 2.14. The van der Waals surface area contributed by atoms with Gasteiger partial charge in [-0.05, 0) is 134 Å². The largest absolute Gasteiger partial charge is 0.569 e. The molecule has 0 amide bonds. The van der Waals surface area contributed by atoms with Crippen molar-refractivity contribution in [2.45, 2.75) is 36.2 Å². The number of pyridine rings is 4. The molecule has 0 saturated heterocycles. The molecule has 4 heterocycles. The van der Waals surface area contributed by atoms with Crippen LogP contribution in [0.1, 0.15) is 22.3 Å². The van der Waals surface area contributed by atoms with Crippen LogP contribution < -0.4 is 15.8 Å². The Labute approximate surface area is 383 Å². The monoisotopic (exact) mass is 979 g/mol. The molecule has 8 rings (SSSR count). The van der Waals surface area contributed by atoms with Gasteiger partial charge in [0.25, 0.3) is 11.1 Å². The van der Waals surface area contributed by atoms with Crippen molar-refractivity contribution in [3.05, 3.63) is 169 Å². The Kier molecular flexibility index (Phi) is 16.1. The molecular formula is C46H41BBrN4O11S2. The van der Waals surface area contributed by atoms with Crippen LogP contribution in [0, 0.1) is 0 Å². The highest BCUT2D eigenvalue weighted by atomic mass is 79.9. The zero-order chi connectivity index (χ0) is 46.8. The summed E-state index contributed by atoms with van der Waals surface area (Å²) in [6.45, 7) is -0.890. The number of halogens is 1. The standard InChI is InChI=1S/C23H20N2O4S.C16H13BrN2O3.C7H8BO4S/c1-30(29)18-7-5-15(6-8-18)19-3-2-4-20(24-19)21-11-16-9-14(12-26)10-17(13-27)22(16)23(28)25-21;17-14-3-1-2-12(18-14)13-6-10-4-9(7-20)5-11(8-21)15(10)16(22)19-13;1-13(10,11)7-4-2-6(3-5-7)12-8-9/h2-11,26-27H,12-13H2,1H3,(H,25,28);1-6,20-21H,7-8H2,(H,19,22);2-5,9H,1H3. The van der Waals surface area contributed by atoms with E-state index in [0.717, 1.165) is 22.4 Å². The first-order valence-electron chi connectivity index (χ1n) is 19.4. The van der Waals surface area contributed by atoms with Crippen molar-refractivity contribution in [1.29, 1.82) is 0 Å². The van der Waals surface area contributed by atoms with Gasteiger partial charge in [-0.15, -0.1) is 0 Å². The molecule has 0 saturated carbocycles. The number of benzene rings is 4.